The number of ether oxygens (including phenoxy) is 1. The largest absolute Gasteiger partial charge is 0.454 e. The zero-order valence-corrected chi connectivity index (χ0v) is 19.1. The van der Waals surface area contributed by atoms with Crippen LogP contribution in [-0.2, 0) is 14.3 Å². The van der Waals surface area contributed by atoms with Crippen molar-refractivity contribution in [2.24, 2.45) is 0 Å². The van der Waals surface area contributed by atoms with Gasteiger partial charge >= 0.3 is 5.97 Å². The van der Waals surface area contributed by atoms with Crippen molar-refractivity contribution < 1.29 is 23.9 Å². The van der Waals surface area contributed by atoms with Gasteiger partial charge in [-0.3, -0.25) is 19.3 Å². The molecule has 0 saturated heterocycles. The van der Waals surface area contributed by atoms with Crippen LogP contribution < -0.4 is 5.32 Å². The Morgan fingerprint density at radius 2 is 1.48 bits per heavy atom. The van der Waals surface area contributed by atoms with E-state index in [1.54, 1.807) is 25.1 Å². The van der Waals surface area contributed by atoms with Crippen LogP contribution in [0.15, 0.2) is 24.3 Å². The first kappa shape index (κ1) is 23.3. The molecular weight excluding hydrogens is 490 g/mol. The summed E-state index contributed by atoms with van der Waals surface area (Å²) in [5.74, 6) is -3.31. The van der Waals surface area contributed by atoms with Crippen LogP contribution in [0.1, 0.15) is 33.2 Å². The quantitative estimate of drug-likeness (QED) is 0.274. The van der Waals surface area contributed by atoms with Crippen LogP contribution in [0.5, 0.6) is 0 Å². The molecule has 2 aromatic rings. The second kappa shape index (κ2) is 9.04. The van der Waals surface area contributed by atoms with Gasteiger partial charge in [0, 0.05) is 5.69 Å². The third kappa shape index (κ3) is 4.23. The van der Waals surface area contributed by atoms with E-state index in [9.17, 15) is 19.2 Å². The first-order chi connectivity index (χ1) is 14.6. The highest BCUT2D eigenvalue weighted by Gasteiger charge is 2.45. The molecule has 1 N–H and O–H groups in total. The Hall–Kier alpha value is -2.32. The summed E-state index contributed by atoms with van der Waals surface area (Å²) in [6.07, 6.45) is 0. The summed E-state index contributed by atoms with van der Waals surface area (Å²) in [6, 6.07) is 5.70. The lowest BCUT2D eigenvalue weighted by atomic mass is 10.1. The molecule has 0 aliphatic carbocycles. The van der Waals surface area contributed by atoms with Crippen LogP contribution in [0.2, 0.25) is 20.1 Å². The topological polar surface area (TPSA) is 92.8 Å². The van der Waals surface area contributed by atoms with Crippen LogP contribution in [0.3, 0.4) is 0 Å². The number of para-hydroxylation sites is 1. The van der Waals surface area contributed by atoms with Gasteiger partial charge in [-0.2, -0.15) is 0 Å². The van der Waals surface area contributed by atoms with Crippen molar-refractivity contribution in [3.63, 3.8) is 0 Å². The number of imide groups is 1. The molecular formula is C20H14Cl4N2O5. The van der Waals surface area contributed by atoms with Crippen molar-refractivity contribution in [2.75, 3.05) is 11.9 Å². The number of carbonyl (C=O) groups is 4. The van der Waals surface area contributed by atoms with E-state index < -0.39 is 36.3 Å². The van der Waals surface area contributed by atoms with E-state index in [1.165, 1.54) is 6.92 Å². The number of fused-ring (bicyclic) bond motifs is 1. The maximum atomic E-state index is 12.8. The van der Waals surface area contributed by atoms with Crippen molar-refractivity contribution in [1.29, 1.82) is 0 Å². The van der Waals surface area contributed by atoms with Gasteiger partial charge in [-0.05, 0) is 25.5 Å². The summed E-state index contributed by atoms with van der Waals surface area (Å²) in [6.45, 7) is 2.47. The molecule has 1 aliphatic heterocycles. The predicted octanol–water partition coefficient (Wildman–Crippen LogP) is 4.78. The standard InChI is InChI=1S/C20H14Cl4N2O5/c1-8-5-3-4-6-10(8)25-11(27)7-31-20(30)9(2)26-18(28)12-13(19(26)29)15(22)17(24)16(23)14(12)21/h3-6,9H,7H2,1-2H3,(H,25,27)/t9-/m0/s1. The molecule has 0 unspecified atom stereocenters. The second-order valence-electron chi connectivity index (χ2n) is 6.63. The van der Waals surface area contributed by atoms with Gasteiger partial charge in [-0.25, -0.2) is 4.79 Å². The van der Waals surface area contributed by atoms with Gasteiger partial charge in [-0.1, -0.05) is 64.6 Å². The molecule has 7 nitrogen and oxygen atoms in total. The number of esters is 1. The normalized spacial score (nSPS) is 13.8. The van der Waals surface area contributed by atoms with Crippen LogP contribution in [0.4, 0.5) is 5.69 Å². The number of benzene rings is 2. The third-order valence-electron chi connectivity index (χ3n) is 4.63. The van der Waals surface area contributed by atoms with E-state index in [4.69, 9.17) is 51.1 Å². The molecule has 162 valence electrons. The number of nitrogens with zero attached hydrogens (tertiary/aromatic N) is 1. The van der Waals surface area contributed by atoms with Crippen molar-refractivity contribution in [2.45, 2.75) is 19.9 Å². The van der Waals surface area contributed by atoms with E-state index in [0.29, 0.717) is 10.6 Å². The lowest BCUT2D eigenvalue weighted by Gasteiger charge is -2.20. The SMILES string of the molecule is Cc1ccccc1NC(=O)COC(=O)[C@H](C)N1C(=O)c2c(Cl)c(Cl)c(Cl)c(Cl)c2C1=O. The van der Waals surface area contributed by atoms with Crippen molar-refractivity contribution >= 4 is 75.8 Å². The molecule has 0 bridgehead atoms. The van der Waals surface area contributed by atoms with E-state index in [2.05, 4.69) is 5.32 Å². The van der Waals surface area contributed by atoms with E-state index in [0.717, 1.165) is 5.56 Å². The van der Waals surface area contributed by atoms with Gasteiger partial charge < -0.3 is 10.1 Å². The Kier molecular flexibility index (Phi) is 6.81. The van der Waals surface area contributed by atoms with Crippen LogP contribution in [0.25, 0.3) is 0 Å². The van der Waals surface area contributed by atoms with E-state index in [-0.39, 0.29) is 31.2 Å². The highest BCUT2D eigenvalue weighted by molar-refractivity contribution is 6.55. The van der Waals surface area contributed by atoms with Crippen molar-refractivity contribution in [3.05, 3.63) is 61.0 Å². The first-order valence-corrected chi connectivity index (χ1v) is 10.3. The maximum absolute atomic E-state index is 12.8. The van der Waals surface area contributed by atoms with Gasteiger partial charge in [0.25, 0.3) is 17.7 Å². The third-order valence-corrected chi connectivity index (χ3v) is 6.43. The number of hydrogen-bond donors (Lipinski definition) is 1. The molecule has 0 saturated carbocycles. The van der Waals surface area contributed by atoms with E-state index in [1.807, 2.05) is 6.07 Å². The summed E-state index contributed by atoms with van der Waals surface area (Å²) in [5.41, 5.74) is 0.897. The molecule has 2 aromatic carbocycles. The Labute approximate surface area is 197 Å². The number of carbonyl (C=O) groups excluding carboxylic acids is 4. The highest BCUT2D eigenvalue weighted by Crippen LogP contribution is 2.45. The molecule has 1 aliphatic rings. The fourth-order valence-corrected chi connectivity index (χ4v) is 3.99. The van der Waals surface area contributed by atoms with Crippen molar-refractivity contribution in [3.8, 4) is 0 Å². The number of nitrogens with one attached hydrogen (secondary N) is 1. The highest BCUT2D eigenvalue weighted by atomic mass is 35.5. The van der Waals surface area contributed by atoms with Gasteiger partial charge in [-0.15, -0.1) is 0 Å². The van der Waals surface area contributed by atoms with Gasteiger partial charge in [0.2, 0.25) is 0 Å². The van der Waals surface area contributed by atoms with Crippen LogP contribution in [-0.4, -0.2) is 41.2 Å². The number of anilines is 1. The Morgan fingerprint density at radius 1 is 0.968 bits per heavy atom. The molecule has 0 spiro atoms. The average molecular weight is 504 g/mol. The molecule has 0 fully saturated rings. The monoisotopic (exact) mass is 502 g/mol. The zero-order chi connectivity index (χ0) is 23.0. The molecule has 0 aromatic heterocycles. The lowest BCUT2D eigenvalue weighted by molar-refractivity contribution is -0.150. The molecule has 31 heavy (non-hydrogen) atoms. The Morgan fingerprint density at radius 3 is 2.00 bits per heavy atom. The summed E-state index contributed by atoms with van der Waals surface area (Å²) in [4.78, 5) is 50.7. The fraction of sp³-hybridized carbons (Fsp3) is 0.200. The van der Waals surface area contributed by atoms with Crippen LogP contribution >= 0.6 is 46.4 Å². The summed E-state index contributed by atoms with van der Waals surface area (Å²) in [7, 11) is 0. The number of amides is 3. The number of aryl methyl sites for hydroxylation is 1. The zero-order valence-electron chi connectivity index (χ0n) is 16.1. The Bertz CT molecular complexity index is 1090. The Balaban J connectivity index is 1.73. The van der Waals surface area contributed by atoms with Crippen molar-refractivity contribution in [1.82, 2.24) is 4.90 Å². The number of halogens is 4. The number of rotatable bonds is 5. The molecule has 3 amide bonds. The first-order valence-electron chi connectivity index (χ1n) is 8.82. The fourth-order valence-electron chi connectivity index (χ4n) is 2.98. The minimum absolute atomic E-state index is 0.182. The molecule has 1 atom stereocenters. The minimum atomic E-state index is -1.36. The predicted molar refractivity (Wildman–Crippen MR) is 117 cm³/mol. The second-order valence-corrected chi connectivity index (χ2v) is 8.14. The minimum Gasteiger partial charge on any atom is -0.454 e. The van der Waals surface area contributed by atoms with Gasteiger partial charge in [0.1, 0.15) is 6.04 Å². The maximum Gasteiger partial charge on any atom is 0.329 e. The van der Waals surface area contributed by atoms with Gasteiger partial charge in [0.15, 0.2) is 6.61 Å². The van der Waals surface area contributed by atoms with E-state index >= 15 is 0 Å². The summed E-state index contributed by atoms with van der Waals surface area (Å²) < 4.78 is 4.98. The molecule has 3 rings (SSSR count). The molecule has 1 heterocycles. The lowest BCUT2D eigenvalue weighted by Crippen LogP contribution is -2.44. The number of hydrogen-bond acceptors (Lipinski definition) is 5. The molecule has 0 radical (unpaired) electrons. The summed E-state index contributed by atoms with van der Waals surface area (Å²) >= 11 is 24.1. The smallest absolute Gasteiger partial charge is 0.329 e. The average Bonchev–Trinajstić information content (AvgIpc) is 3.00. The summed E-state index contributed by atoms with van der Waals surface area (Å²) in [5, 5.41) is 1.75. The van der Waals surface area contributed by atoms with Gasteiger partial charge in [0.05, 0.1) is 31.2 Å². The van der Waals surface area contributed by atoms with Crippen LogP contribution in [0, 0.1) is 6.92 Å². The molecule has 11 heteroatoms.